The van der Waals surface area contributed by atoms with Crippen molar-refractivity contribution in [2.75, 3.05) is 24.7 Å². The molecule has 8 rings (SSSR count). The summed E-state index contributed by atoms with van der Waals surface area (Å²) in [6, 6.07) is 0. The molecule has 0 N–H and O–H groups in total. The smallest absolute Gasteiger partial charge is 0.273 e. The lowest BCUT2D eigenvalue weighted by Crippen LogP contribution is -2.27. The average molecular weight is 729 g/mol. The predicted molar refractivity (Wildman–Crippen MR) is 173 cm³/mol. The maximum absolute atomic E-state index is 11.3. The molecule has 0 radical (unpaired) electrons. The summed E-state index contributed by atoms with van der Waals surface area (Å²) in [6.45, 7) is 16.8. The van der Waals surface area contributed by atoms with Gasteiger partial charge in [0.05, 0.1) is 42.2 Å². The number of rotatable bonds is 0. The number of ether oxygens (including phenoxy) is 1. The Morgan fingerprint density at radius 2 is 1.02 bits per heavy atom. The van der Waals surface area contributed by atoms with Gasteiger partial charge in [0.1, 0.15) is 17.5 Å². The van der Waals surface area contributed by atoms with E-state index in [-0.39, 0.29) is 46.4 Å². The minimum Gasteiger partial charge on any atom is -0.371 e. The van der Waals surface area contributed by atoms with Gasteiger partial charge < -0.3 is 4.74 Å². The van der Waals surface area contributed by atoms with Gasteiger partial charge in [-0.3, -0.25) is 16.7 Å². The third kappa shape index (κ3) is 11.6. The second-order valence-electron chi connectivity index (χ2n) is 10.5. The Hall–Kier alpha value is -0.400. The number of hydrogen-bond donors (Lipinski definition) is 0. The molecular weight excluding hydrogens is 673 g/mol. The standard InChI is InChI=1S/C7H10O3S.C6H8O4S.C4H8O3S.C3H6O3S.4C2H6/c8-11(9)7-3-4-1-5(7)6(2-4)10-11;7-11(8)5-2-3-1-4(10-11)6(5)9-3;5-8(6)4-2-1-3-7-8;4-7(5)3-1-2-6-7;4*1-2/h4-7H,1-3H2;3-6H,1-2H2;1-4H2;1-3H2;4*1-2H3. The van der Waals surface area contributed by atoms with E-state index >= 15 is 0 Å². The molecule has 0 spiro atoms. The van der Waals surface area contributed by atoms with Crippen LogP contribution in [0.4, 0.5) is 0 Å². The Kier molecular flexibility index (Phi) is 18.0. The first-order valence-corrected chi connectivity index (χ1v) is 22.6. The van der Waals surface area contributed by atoms with E-state index in [4.69, 9.17) is 13.1 Å². The molecule has 6 aliphatic heterocycles. The van der Waals surface area contributed by atoms with E-state index in [0.717, 1.165) is 38.5 Å². The highest BCUT2D eigenvalue weighted by Gasteiger charge is 2.61. The lowest BCUT2D eigenvalue weighted by molar-refractivity contribution is 0.0838. The van der Waals surface area contributed by atoms with Crippen molar-refractivity contribution in [1.29, 1.82) is 0 Å². The summed E-state index contributed by atoms with van der Waals surface area (Å²) in [4.78, 5) is 0. The summed E-state index contributed by atoms with van der Waals surface area (Å²) in [5.74, 6) is 1.40. The minimum absolute atomic E-state index is 0.0590. The maximum Gasteiger partial charge on any atom is 0.273 e. The second kappa shape index (κ2) is 19.0. The Morgan fingerprint density at radius 1 is 0.511 bits per heavy atom. The van der Waals surface area contributed by atoms with Gasteiger partial charge in [0.15, 0.2) is 0 Å². The summed E-state index contributed by atoms with van der Waals surface area (Å²) in [6.07, 6.45) is 6.52. The molecule has 6 heterocycles. The molecule has 6 saturated heterocycles. The molecule has 0 aromatic heterocycles. The van der Waals surface area contributed by atoms with Crippen molar-refractivity contribution in [2.24, 2.45) is 11.8 Å². The van der Waals surface area contributed by atoms with Gasteiger partial charge in [0.25, 0.3) is 40.5 Å². The van der Waals surface area contributed by atoms with Gasteiger partial charge in [-0.1, -0.05) is 55.4 Å². The first-order valence-electron chi connectivity index (χ1n) is 16.5. The molecule has 4 bridgehead atoms. The van der Waals surface area contributed by atoms with Crippen molar-refractivity contribution in [3.8, 4) is 0 Å². The van der Waals surface area contributed by atoms with Crippen LogP contribution in [-0.2, 0) is 61.9 Å². The summed E-state index contributed by atoms with van der Waals surface area (Å²) >= 11 is 0. The molecule has 0 amide bonds. The second-order valence-corrected chi connectivity index (χ2v) is 17.6. The zero-order valence-electron chi connectivity index (χ0n) is 28.0. The fraction of sp³-hybridized carbons (Fsp3) is 1.00. The third-order valence-electron chi connectivity index (χ3n) is 7.87. The van der Waals surface area contributed by atoms with Crippen molar-refractivity contribution in [3.63, 3.8) is 0 Å². The van der Waals surface area contributed by atoms with Gasteiger partial charge >= 0.3 is 0 Å². The number of fused-ring (bicyclic) bond motifs is 2. The quantitative estimate of drug-likeness (QED) is 0.325. The molecule has 45 heavy (non-hydrogen) atoms. The fourth-order valence-corrected chi connectivity index (χ4v) is 11.9. The van der Waals surface area contributed by atoms with Crippen LogP contribution >= 0.6 is 0 Å². The first kappa shape index (κ1) is 42.6. The largest absolute Gasteiger partial charge is 0.371 e. The molecule has 8 atom stereocenters. The van der Waals surface area contributed by atoms with Crippen molar-refractivity contribution < 1.29 is 55.1 Å². The van der Waals surface area contributed by atoms with Crippen LogP contribution in [0.3, 0.4) is 0 Å². The Labute approximate surface area is 272 Å². The Balaban J connectivity index is 0.000000283. The van der Waals surface area contributed by atoms with Crippen LogP contribution in [0.1, 0.15) is 107 Å². The van der Waals surface area contributed by atoms with Crippen LogP contribution in [0.15, 0.2) is 0 Å². The Morgan fingerprint density at radius 3 is 1.36 bits per heavy atom. The molecule has 17 heteroatoms. The molecule has 0 aromatic rings. The molecule has 8 fully saturated rings. The summed E-state index contributed by atoms with van der Waals surface area (Å²) in [5.41, 5.74) is 0. The van der Waals surface area contributed by atoms with Gasteiger partial charge in [-0.2, -0.15) is 33.7 Å². The lowest BCUT2D eigenvalue weighted by atomic mass is 9.98. The van der Waals surface area contributed by atoms with Crippen LogP contribution in [0.2, 0.25) is 0 Å². The minimum atomic E-state index is -3.26. The molecule has 270 valence electrons. The zero-order chi connectivity index (χ0) is 34.6. The van der Waals surface area contributed by atoms with E-state index in [0.29, 0.717) is 37.9 Å². The van der Waals surface area contributed by atoms with Gasteiger partial charge in [-0.25, -0.2) is 0 Å². The van der Waals surface area contributed by atoms with E-state index in [9.17, 15) is 33.7 Å². The van der Waals surface area contributed by atoms with Crippen molar-refractivity contribution in [3.05, 3.63) is 0 Å². The summed E-state index contributed by atoms with van der Waals surface area (Å²) in [7, 11) is -12.5. The van der Waals surface area contributed by atoms with Gasteiger partial charge in [-0.05, 0) is 50.9 Å². The molecule has 8 aliphatic rings. The van der Waals surface area contributed by atoms with Crippen molar-refractivity contribution in [1.82, 2.24) is 0 Å². The highest BCUT2D eigenvalue weighted by molar-refractivity contribution is 7.88. The molecular formula is C28H56O13S4. The van der Waals surface area contributed by atoms with E-state index in [1.54, 1.807) is 0 Å². The summed E-state index contributed by atoms with van der Waals surface area (Å²) in [5, 5.41) is -0.488. The molecule has 2 aliphatic carbocycles. The molecule has 2 saturated carbocycles. The normalized spacial score (nSPS) is 37.7. The first-order chi connectivity index (χ1) is 21.2. The molecule has 13 nitrogen and oxygen atoms in total. The van der Waals surface area contributed by atoms with Crippen LogP contribution < -0.4 is 0 Å². The van der Waals surface area contributed by atoms with Crippen molar-refractivity contribution >= 4 is 40.5 Å². The fourth-order valence-electron chi connectivity index (χ4n) is 6.27. The van der Waals surface area contributed by atoms with Crippen LogP contribution in [0, 0.1) is 11.8 Å². The van der Waals surface area contributed by atoms with E-state index in [1.165, 1.54) is 0 Å². The van der Waals surface area contributed by atoms with Crippen molar-refractivity contribution in [2.45, 2.75) is 142 Å². The third-order valence-corrected chi connectivity index (χ3v) is 14.0. The van der Waals surface area contributed by atoms with Gasteiger partial charge in [0.2, 0.25) is 0 Å². The lowest BCUT2D eigenvalue weighted by Gasteiger charge is -2.11. The number of hydrogen-bond acceptors (Lipinski definition) is 13. The van der Waals surface area contributed by atoms with Crippen LogP contribution in [-0.4, -0.2) is 93.3 Å². The van der Waals surface area contributed by atoms with E-state index < -0.39 is 40.5 Å². The summed E-state index contributed by atoms with van der Waals surface area (Å²) < 4.78 is 110. The van der Waals surface area contributed by atoms with Crippen LogP contribution in [0.25, 0.3) is 0 Å². The monoisotopic (exact) mass is 728 g/mol. The van der Waals surface area contributed by atoms with E-state index in [2.05, 4.69) is 8.37 Å². The molecule has 0 aromatic carbocycles. The highest BCUT2D eigenvalue weighted by atomic mass is 32.2. The zero-order valence-corrected chi connectivity index (χ0v) is 31.3. The maximum atomic E-state index is 11.3. The highest BCUT2D eigenvalue weighted by Crippen LogP contribution is 2.54. The predicted octanol–water partition coefficient (Wildman–Crippen LogP) is 4.13. The Bertz CT molecular complexity index is 1210. The van der Waals surface area contributed by atoms with Gasteiger partial charge in [0, 0.05) is 12.3 Å². The SMILES string of the molecule is CC.CC.CC.CC.O=S1(=O)CCCCO1.O=S1(=O)CCCO1.O=S1(=O)OC2CC3CC1C2O3.O=S1(=O)OC2CC3CC2C1C3. The average Bonchev–Trinajstić information content (AvgIpc) is 3.87. The van der Waals surface area contributed by atoms with E-state index in [1.807, 2.05) is 55.4 Å². The molecule has 8 unspecified atom stereocenters. The van der Waals surface area contributed by atoms with Gasteiger partial charge in [-0.15, -0.1) is 0 Å². The van der Waals surface area contributed by atoms with Crippen LogP contribution in [0.5, 0.6) is 0 Å². The topological polar surface area (TPSA) is 183 Å².